The van der Waals surface area contributed by atoms with Gasteiger partial charge in [-0.15, -0.1) is 0 Å². The molecular weight excluding hydrogens is 711 g/mol. The molecule has 0 aliphatic rings. The quantitative estimate of drug-likeness (QED) is 0.170. The Morgan fingerprint density at radius 2 is 0.845 bits per heavy atom. The Balaban J connectivity index is 1.11. The van der Waals surface area contributed by atoms with Crippen molar-refractivity contribution in [1.82, 2.24) is 0 Å². The number of hydrogen-bond donors (Lipinski definition) is 0. The Morgan fingerprint density at radius 1 is 0.293 bits per heavy atom. The Labute approximate surface area is 333 Å². The van der Waals surface area contributed by atoms with Crippen LogP contribution in [0, 0.1) is 0 Å². The third kappa shape index (κ3) is 5.02. The van der Waals surface area contributed by atoms with Gasteiger partial charge in [-0.2, -0.15) is 0 Å². The van der Waals surface area contributed by atoms with Crippen LogP contribution in [0.3, 0.4) is 0 Å². The summed E-state index contributed by atoms with van der Waals surface area (Å²) in [4.78, 5) is 2.32. The lowest BCUT2D eigenvalue weighted by atomic mass is 9.98. The summed E-state index contributed by atoms with van der Waals surface area (Å²) in [6.45, 7) is 0. The van der Waals surface area contributed by atoms with E-state index in [1.807, 2.05) is 24.3 Å². The van der Waals surface area contributed by atoms with Gasteiger partial charge in [0.1, 0.15) is 27.9 Å². The second-order valence-corrected chi connectivity index (χ2v) is 14.8. The molecule has 9 aromatic carbocycles. The average Bonchev–Trinajstić information content (AvgIpc) is 3.99. The summed E-state index contributed by atoms with van der Waals surface area (Å²) in [5.41, 5.74) is 14.6. The molecule has 0 bridgehead atoms. The van der Waals surface area contributed by atoms with Crippen molar-refractivity contribution in [2.45, 2.75) is 0 Å². The molecule has 4 heteroatoms. The zero-order valence-corrected chi connectivity index (χ0v) is 31.2. The number of furan rings is 3. The van der Waals surface area contributed by atoms with Gasteiger partial charge < -0.3 is 18.2 Å². The average molecular weight is 744 g/mol. The first-order valence-corrected chi connectivity index (χ1v) is 19.6. The first-order valence-electron chi connectivity index (χ1n) is 19.6. The molecule has 12 aromatic rings. The van der Waals surface area contributed by atoms with Crippen LogP contribution in [0.15, 0.2) is 213 Å². The number of rotatable bonds is 6. The largest absolute Gasteiger partial charge is 0.456 e. The predicted octanol–water partition coefficient (Wildman–Crippen LogP) is 15.9. The van der Waals surface area contributed by atoms with E-state index in [2.05, 4.69) is 181 Å². The van der Waals surface area contributed by atoms with Gasteiger partial charge >= 0.3 is 0 Å². The van der Waals surface area contributed by atoms with E-state index in [0.717, 1.165) is 105 Å². The third-order valence-corrected chi connectivity index (χ3v) is 11.5. The van der Waals surface area contributed by atoms with Gasteiger partial charge in [0.25, 0.3) is 0 Å². The van der Waals surface area contributed by atoms with Crippen molar-refractivity contribution >= 4 is 82.9 Å². The standard InChI is InChI=1S/C54H33NO3/c1-3-13-34(14-4-1)35-23-25-36(26-24-35)37-27-29-39(30-28-37)55(44-20-10-7-17-40(44)38-15-5-2-6-16-38)45-33-49-51(50-43-19-9-12-22-47(43)58-54(45)50)52-48(56-49)32-31-42-41-18-8-11-21-46(41)57-53(42)52/h1-33H. The van der Waals surface area contributed by atoms with Crippen LogP contribution in [-0.4, -0.2) is 0 Å². The molecule has 0 spiro atoms. The van der Waals surface area contributed by atoms with Crippen LogP contribution in [0.4, 0.5) is 17.1 Å². The highest BCUT2D eigenvalue weighted by molar-refractivity contribution is 6.33. The molecule has 3 aromatic heterocycles. The zero-order chi connectivity index (χ0) is 38.2. The van der Waals surface area contributed by atoms with Gasteiger partial charge in [0.15, 0.2) is 5.58 Å². The van der Waals surface area contributed by atoms with Crippen molar-refractivity contribution in [2.75, 3.05) is 4.90 Å². The SMILES string of the molecule is c1ccc(-c2ccc(-c3ccc(N(c4ccccc4-c4ccccc4)c4cc5oc6ccc7c8ccccc8oc7c6c5c5c4oc4ccccc45)cc3)cc2)cc1. The lowest BCUT2D eigenvalue weighted by Gasteiger charge is -2.28. The van der Waals surface area contributed by atoms with Gasteiger partial charge in [0.2, 0.25) is 0 Å². The number of fused-ring (bicyclic) bond motifs is 11. The minimum absolute atomic E-state index is 0.759. The second kappa shape index (κ2) is 12.9. The Morgan fingerprint density at radius 3 is 1.57 bits per heavy atom. The molecule has 0 N–H and O–H groups in total. The molecule has 12 rings (SSSR count). The van der Waals surface area contributed by atoms with Gasteiger partial charge in [-0.3, -0.25) is 0 Å². The van der Waals surface area contributed by atoms with Crippen molar-refractivity contribution in [3.05, 3.63) is 200 Å². The van der Waals surface area contributed by atoms with Crippen LogP contribution in [0.5, 0.6) is 0 Å². The van der Waals surface area contributed by atoms with Gasteiger partial charge in [0, 0.05) is 44.2 Å². The summed E-state index contributed by atoms with van der Waals surface area (Å²) in [5, 5.41) is 6.08. The first-order chi connectivity index (χ1) is 28.8. The first kappa shape index (κ1) is 32.4. The van der Waals surface area contributed by atoms with Crippen LogP contribution in [0.1, 0.15) is 0 Å². The molecule has 0 amide bonds. The molecule has 0 unspecified atom stereocenters. The maximum atomic E-state index is 6.98. The summed E-state index contributed by atoms with van der Waals surface area (Å²) < 4.78 is 20.5. The van der Waals surface area contributed by atoms with E-state index in [4.69, 9.17) is 13.3 Å². The fourth-order valence-corrected chi connectivity index (χ4v) is 8.79. The number of nitrogens with zero attached hydrogens (tertiary/aromatic N) is 1. The minimum Gasteiger partial charge on any atom is -0.456 e. The van der Waals surface area contributed by atoms with Crippen LogP contribution in [0.2, 0.25) is 0 Å². The highest BCUT2D eigenvalue weighted by Crippen LogP contribution is 2.51. The predicted molar refractivity (Wildman–Crippen MR) is 239 cm³/mol. The lowest BCUT2D eigenvalue weighted by molar-refractivity contribution is 0.660. The second-order valence-electron chi connectivity index (χ2n) is 14.8. The highest BCUT2D eigenvalue weighted by atomic mass is 16.3. The lowest BCUT2D eigenvalue weighted by Crippen LogP contribution is -2.11. The number of benzene rings is 9. The molecule has 0 atom stereocenters. The molecule has 0 saturated carbocycles. The van der Waals surface area contributed by atoms with Crippen LogP contribution >= 0.6 is 0 Å². The summed E-state index contributed by atoms with van der Waals surface area (Å²) in [5.74, 6) is 0. The van der Waals surface area contributed by atoms with E-state index >= 15 is 0 Å². The van der Waals surface area contributed by atoms with Gasteiger partial charge in [-0.05, 0) is 70.3 Å². The molecule has 0 radical (unpaired) electrons. The third-order valence-electron chi connectivity index (χ3n) is 11.5. The molecule has 0 aliphatic heterocycles. The normalized spacial score (nSPS) is 11.8. The molecule has 3 heterocycles. The molecule has 0 fully saturated rings. The van der Waals surface area contributed by atoms with E-state index in [1.165, 1.54) is 11.1 Å². The van der Waals surface area contributed by atoms with E-state index in [1.54, 1.807) is 0 Å². The summed E-state index contributed by atoms with van der Waals surface area (Å²) >= 11 is 0. The van der Waals surface area contributed by atoms with Crippen LogP contribution < -0.4 is 4.90 Å². The fraction of sp³-hybridized carbons (Fsp3) is 0. The fourth-order valence-electron chi connectivity index (χ4n) is 8.79. The summed E-state index contributed by atoms with van der Waals surface area (Å²) in [6.07, 6.45) is 0. The molecule has 0 saturated heterocycles. The minimum atomic E-state index is 0.759. The van der Waals surface area contributed by atoms with Crippen molar-refractivity contribution in [1.29, 1.82) is 0 Å². The Kier molecular flexibility index (Phi) is 7.20. The molecule has 58 heavy (non-hydrogen) atoms. The van der Waals surface area contributed by atoms with E-state index in [0.29, 0.717) is 0 Å². The number of para-hydroxylation sites is 3. The van der Waals surface area contributed by atoms with Crippen molar-refractivity contribution in [2.24, 2.45) is 0 Å². The van der Waals surface area contributed by atoms with Gasteiger partial charge in [-0.1, -0.05) is 152 Å². The molecular formula is C54H33NO3. The zero-order valence-electron chi connectivity index (χ0n) is 31.2. The molecule has 272 valence electrons. The van der Waals surface area contributed by atoms with Crippen LogP contribution in [0.25, 0.3) is 99.2 Å². The van der Waals surface area contributed by atoms with Crippen LogP contribution in [-0.2, 0) is 0 Å². The van der Waals surface area contributed by atoms with Crippen molar-refractivity contribution in [3.63, 3.8) is 0 Å². The highest BCUT2D eigenvalue weighted by Gasteiger charge is 2.27. The van der Waals surface area contributed by atoms with Gasteiger partial charge in [-0.25, -0.2) is 0 Å². The summed E-state index contributed by atoms with van der Waals surface area (Å²) in [6, 6.07) is 70.1. The van der Waals surface area contributed by atoms with E-state index in [-0.39, 0.29) is 0 Å². The Hall–Kier alpha value is -7.82. The maximum absolute atomic E-state index is 6.98. The topological polar surface area (TPSA) is 42.7 Å². The number of anilines is 3. The maximum Gasteiger partial charge on any atom is 0.160 e. The van der Waals surface area contributed by atoms with E-state index < -0.39 is 0 Å². The number of hydrogen-bond acceptors (Lipinski definition) is 4. The molecule has 0 aliphatic carbocycles. The smallest absolute Gasteiger partial charge is 0.160 e. The van der Waals surface area contributed by atoms with Crippen molar-refractivity contribution < 1.29 is 13.3 Å². The molecule has 4 nitrogen and oxygen atoms in total. The monoisotopic (exact) mass is 743 g/mol. The van der Waals surface area contributed by atoms with Gasteiger partial charge in [0.05, 0.1) is 16.8 Å². The van der Waals surface area contributed by atoms with Crippen molar-refractivity contribution in [3.8, 4) is 33.4 Å². The summed E-state index contributed by atoms with van der Waals surface area (Å²) in [7, 11) is 0. The van der Waals surface area contributed by atoms with E-state index in [9.17, 15) is 0 Å². The Bertz CT molecular complexity index is 3480.